The molecule has 0 radical (unpaired) electrons. The maximum atomic E-state index is 12.8. The normalized spacial score (nSPS) is 18.1. The second kappa shape index (κ2) is 5.92. The van der Waals surface area contributed by atoms with E-state index in [0.29, 0.717) is 16.7 Å². The highest BCUT2D eigenvalue weighted by Crippen LogP contribution is 2.29. The predicted octanol–water partition coefficient (Wildman–Crippen LogP) is 2.01. The van der Waals surface area contributed by atoms with E-state index in [1.807, 2.05) is 6.07 Å². The van der Waals surface area contributed by atoms with Crippen LogP contribution in [-0.4, -0.2) is 36.8 Å². The average molecular weight is 343 g/mol. The lowest BCUT2D eigenvalue weighted by atomic mass is 10.2. The zero-order valence-electron chi connectivity index (χ0n) is 12.9. The molecule has 0 spiro atoms. The van der Waals surface area contributed by atoms with Gasteiger partial charge in [-0.3, -0.25) is 0 Å². The number of benzene rings is 2. The summed E-state index contributed by atoms with van der Waals surface area (Å²) in [5.74, 6) is 0.663. The Hall–Kier alpha value is -2.38. The Balaban J connectivity index is 1.78. The molecule has 3 aromatic rings. The van der Waals surface area contributed by atoms with Crippen molar-refractivity contribution in [1.29, 1.82) is 0 Å². The summed E-state index contributed by atoms with van der Waals surface area (Å²) >= 11 is 0. The van der Waals surface area contributed by atoms with Crippen LogP contribution in [0.5, 0.6) is 5.75 Å². The van der Waals surface area contributed by atoms with Crippen LogP contribution in [0.25, 0.3) is 10.9 Å². The zero-order valence-corrected chi connectivity index (χ0v) is 13.7. The van der Waals surface area contributed by atoms with Crippen molar-refractivity contribution in [3.8, 4) is 5.75 Å². The Labute approximate surface area is 140 Å². The molecule has 124 valence electrons. The van der Waals surface area contributed by atoms with Crippen molar-refractivity contribution in [2.24, 2.45) is 0 Å². The third-order valence-electron chi connectivity index (χ3n) is 4.12. The lowest BCUT2D eigenvalue weighted by Crippen LogP contribution is -2.19. The van der Waals surface area contributed by atoms with E-state index in [4.69, 9.17) is 4.74 Å². The molecule has 1 aliphatic heterocycles. The number of aromatic nitrogens is 2. The number of hydrogen-bond donors (Lipinski definition) is 1. The highest BCUT2D eigenvalue weighted by Gasteiger charge is 2.22. The van der Waals surface area contributed by atoms with Gasteiger partial charge in [-0.2, -0.15) is 17.6 Å². The van der Waals surface area contributed by atoms with Gasteiger partial charge in [0.25, 0.3) is 10.0 Å². The van der Waals surface area contributed by atoms with E-state index in [9.17, 15) is 8.42 Å². The standard InChI is InChI=1S/C17H17N3O3S/c21-24(22,14-5-2-1-3-6-14)20-16-7-4-8-17(15(16)12-19-20)23-13-9-10-18-11-13/h1-8,12-13,18H,9-11H2. The molecule has 0 amide bonds. The van der Waals surface area contributed by atoms with Crippen molar-refractivity contribution >= 4 is 20.9 Å². The van der Waals surface area contributed by atoms with Gasteiger partial charge in [-0.25, -0.2) is 0 Å². The smallest absolute Gasteiger partial charge is 0.283 e. The van der Waals surface area contributed by atoms with Gasteiger partial charge in [0.1, 0.15) is 11.9 Å². The summed E-state index contributed by atoms with van der Waals surface area (Å²) in [6.07, 6.45) is 2.59. The van der Waals surface area contributed by atoms with Crippen LogP contribution in [0.1, 0.15) is 6.42 Å². The fraction of sp³-hybridized carbons (Fsp3) is 0.235. The summed E-state index contributed by atoms with van der Waals surface area (Å²) in [6.45, 7) is 1.73. The molecular formula is C17H17N3O3S. The molecule has 0 aliphatic carbocycles. The highest BCUT2D eigenvalue weighted by atomic mass is 32.2. The Morgan fingerprint density at radius 2 is 1.96 bits per heavy atom. The fourth-order valence-corrected chi connectivity index (χ4v) is 4.19. The average Bonchev–Trinajstić information content (AvgIpc) is 3.25. The molecule has 1 fully saturated rings. The SMILES string of the molecule is O=S(=O)(c1ccccc1)n1ncc2c(OC3CCNC3)cccc21. The summed E-state index contributed by atoms with van der Waals surface area (Å²) in [5, 5.41) is 8.06. The van der Waals surface area contributed by atoms with Gasteiger partial charge in [0.15, 0.2) is 0 Å². The summed E-state index contributed by atoms with van der Waals surface area (Å²) in [7, 11) is -3.73. The molecule has 24 heavy (non-hydrogen) atoms. The first-order valence-electron chi connectivity index (χ1n) is 7.81. The minimum Gasteiger partial charge on any atom is -0.488 e. The van der Waals surface area contributed by atoms with Crippen LogP contribution in [0.2, 0.25) is 0 Å². The van der Waals surface area contributed by atoms with Crippen molar-refractivity contribution < 1.29 is 13.2 Å². The topological polar surface area (TPSA) is 73.2 Å². The van der Waals surface area contributed by atoms with Gasteiger partial charge < -0.3 is 10.1 Å². The lowest BCUT2D eigenvalue weighted by molar-refractivity contribution is 0.226. The molecule has 4 rings (SSSR count). The van der Waals surface area contributed by atoms with Crippen molar-refractivity contribution in [3.63, 3.8) is 0 Å². The molecule has 7 heteroatoms. The summed E-state index contributed by atoms with van der Waals surface area (Å²) in [6, 6.07) is 13.7. The predicted molar refractivity (Wildman–Crippen MR) is 90.7 cm³/mol. The first-order valence-corrected chi connectivity index (χ1v) is 9.25. The molecule has 1 aliphatic rings. The second-order valence-corrected chi connectivity index (χ2v) is 7.49. The number of ether oxygens (including phenoxy) is 1. The van der Waals surface area contributed by atoms with E-state index < -0.39 is 10.0 Å². The van der Waals surface area contributed by atoms with E-state index in [1.165, 1.54) is 0 Å². The lowest BCUT2D eigenvalue weighted by Gasteiger charge is -2.13. The van der Waals surface area contributed by atoms with Gasteiger partial charge in [0.05, 0.1) is 22.0 Å². The number of nitrogens with one attached hydrogen (secondary N) is 1. The van der Waals surface area contributed by atoms with Gasteiger partial charge in [-0.05, 0) is 37.2 Å². The van der Waals surface area contributed by atoms with Crippen molar-refractivity contribution in [1.82, 2.24) is 14.5 Å². The van der Waals surface area contributed by atoms with Crippen LogP contribution in [0.4, 0.5) is 0 Å². The van der Waals surface area contributed by atoms with Crippen LogP contribution in [0.15, 0.2) is 59.6 Å². The summed E-state index contributed by atoms with van der Waals surface area (Å²) < 4.78 is 32.7. The summed E-state index contributed by atoms with van der Waals surface area (Å²) in [5.41, 5.74) is 0.516. The summed E-state index contributed by atoms with van der Waals surface area (Å²) in [4.78, 5) is 0.210. The molecule has 1 atom stereocenters. The van der Waals surface area contributed by atoms with Crippen molar-refractivity contribution in [2.75, 3.05) is 13.1 Å². The highest BCUT2D eigenvalue weighted by molar-refractivity contribution is 7.90. The Morgan fingerprint density at radius 1 is 1.12 bits per heavy atom. The first kappa shape index (κ1) is 15.2. The van der Waals surface area contributed by atoms with Gasteiger partial charge in [-0.1, -0.05) is 24.3 Å². The molecule has 2 heterocycles. The Morgan fingerprint density at radius 3 is 2.71 bits per heavy atom. The monoisotopic (exact) mass is 343 g/mol. The fourth-order valence-electron chi connectivity index (χ4n) is 2.90. The van der Waals surface area contributed by atoms with Crippen LogP contribution in [-0.2, 0) is 10.0 Å². The van der Waals surface area contributed by atoms with Crippen molar-refractivity contribution in [3.05, 3.63) is 54.7 Å². The number of fused-ring (bicyclic) bond motifs is 1. The van der Waals surface area contributed by atoms with E-state index in [1.54, 1.807) is 48.7 Å². The third kappa shape index (κ3) is 2.55. The van der Waals surface area contributed by atoms with E-state index in [-0.39, 0.29) is 11.0 Å². The van der Waals surface area contributed by atoms with Gasteiger partial charge in [0.2, 0.25) is 0 Å². The molecule has 6 nitrogen and oxygen atoms in total. The number of hydrogen-bond acceptors (Lipinski definition) is 5. The molecule has 0 saturated carbocycles. The van der Waals surface area contributed by atoms with Gasteiger partial charge >= 0.3 is 0 Å². The van der Waals surface area contributed by atoms with Crippen LogP contribution in [0.3, 0.4) is 0 Å². The zero-order chi connectivity index (χ0) is 16.6. The first-order chi connectivity index (χ1) is 11.7. The largest absolute Gasteiger partial charge is 0.488 e. The van der Waals surface area contributed by atoms with Crippen LogP contribution < -0.4 is 10.1 Å². The quantitative estimate of drug-likeness (QED) is 0.784. The molecule has 2 aromatic carbocycles. The van der Waals surface area contributed by atoms with E-state index >= 15 is 0 Å². The molecule has 1 unspecified atom stereocenters. The van der Waals surface area contributed by atoms with Gasteiger partial charge in [0, 0.05) is 6.54 Å². The molecule has 1 aromatic heterocycles. The van der Waals surface area contributed by atoms with Crippen molar-refractivity contribution in [2.45, 2.75) is 17.4 Å². The van der Waals surface area contributed by atoms with Crippen LogP contribution in [0, 0.1) is 0 Å². The minimum atomic E-state index is -3.73. The molecule has 1 N–H and O–H groups in total. The van der Waals surface area contributed by atoms with E-state index in [2.05, 4.69) is 10.4 Å². The van der Waals surface area contributed by atoms with Gasteiger partial charge in [-0.15, -0.1) is 0 Å². The molecule has 1 saturated heterocycles. The van der Waals surface area contributed by atoms with Crippen LogP contribution >= 0.6 is 0 Å². The van der Waals surface area contributed by atoms with E-state index in [0.717, 1.165) is 23.6 Å². The Kier molecular flexibility index (Phi) is 3.74. The maximum absolute atomic E-state index is 12.8. The number of nitrogens with zero attached hydrogens (tertiary/aromatic N) is 2. The molecule has 0 bridgehead atoms. The number of rotatable bonds is 4. The minimum absolute atomic E-state index is 0.102. The Bertz CT molecular complexity index is 961. The maximum Gasteiger partial charge on any atom is 0.283 e. The third-order valence-corrected chi connectivity index (χ3v) is 5.73. The second-order valence-electron chi connectivity index (χ2n) is 5.73. The molecular weight excluding hydrogens is 326 g/mol.